The fourth-order valence-corrected chi connectivity index (χ4v) is 9.75. The van der Waals surface area contributed by atoms with Crippen LogP contribution in [0.3, 0.4) is 0 Å². The summed E-state index contributed by atoms with van der Waals surface area (Å²) in [6.07, 6.45) is 6.64. The molecule has 2 bridgehead atoms. The number of hydrogen-bond donors (Lipinski definition) is 0. The predicted molar refractivity (Wildman–Crippen MR) is 224 cm³/mol. The van der Waals surface area contributed by atoms with Gasteiger partial charge < -0.3 is 0 Å². The van der Waals surface area contributed by atoms with Crippen LogP contribution in [0.5, 0.6) is 0 Å². The van der Waals surface area contributed by atoms with Gasteiger partial charge in [-0.15, -0.1) is 0 Å². The molecule has 4 nitrogen and oxygen atoms in total. The van der Waals surface area contributed by atoms with Crippen LogP contribution in [0.25, 0.3) is 67.5 Å². The highest BCUT2D eigenvalue weighted by Crippen LogP contribution is 2.54. The third-order valence-electron chi connectivity index (χ3n) is 11.9. The van der Waals surface area contributed by atoms with Gasteiger partial charge >= 0.3 is 0 Å². The Morgan fingerprint density at radius 2 is 0.927 bits per heavy atom. The molecule has 9 rings (SSSR count). The van der Waals surface area contributed by atoms with Crippen molar-refractivity contribution in [1.82, 2.24) is 15.0 Å². The lowest BCUT2D eigenvalue weighted by Crippen LogP contribution is -2.42. The van der Waals surface area contributed by atoms with Crippen LogP contribution in [0.4, 0.5) is 0 Å². The van der Waals surface area contributed by atoms with Gasteiger partial charge in [0.15, 0.2) is 17.5 Å². The highest BCUT2D eigenvalue weighted by Gasteiger charge is 2.45. The zero-order valence-corrected chi connectivity index (χ0v) is 31.5. The minimum Gasteiger partial charge on any atom is -0.208 e. The average Bonchev–Trinajstić information content (AvgIpc) is 3.23. The Morgan fingerprint density at radius 3 is 1.58 bits per heavy atom. The molecule has 1 aromatic heterocycles. The van der Waals surface area contributed by atoms with Crippen molar-refractivity contribution >= 4 is 0 Å². The summed E-state index contributed by atoms with van der Waals surface area (Å²) in [4.78, 5) is 15.2. The van der Waals surface area contributed by atoms with Crippen molar-refractivity contribution in [1.29, 1.82) is 5.26 Å². The van der Waals surface area contributed by atoms with Crippen LogP contribution in [0, 0.1) is 29.1 Å². The van der Waals surface area contributed by atoms with E-state index in [4.69, 9.17) is 15.0 Å². The molecule has 2 aliphatic carbocycles. The van der Waals surface area contributed by atoms with Gasteiger partial charge in [-0.2, -0.15) is 5.26 Å². The standard InChI is InChI=1S/C51H44N4/c1-34-23-37-24-35(2)31-51(30-34,32-37)47-21-19-39(20-22-47)44-27-45(42-17-10-16-41(26-42)38-12-5-3-6-13-38)29-46(28-44)50-54-48(40-14-7-4-8-15-40)53-49(55-50)43-18-9-11-36(25-43)33-52/h3-22,25-29,34-35,37H,23-24,30-32H2,1-2H3/t34-,35+,37?,51?. The highest BCUT2D eigenvalue weighted by atomic mass is 15.0. The van der Waals surface area contributed by atoms with Crippen molar-refractivity contribution in [2.75, 3.05) is 0 Å². The molecule has 2 saturated carbocycles. The van der Waals surface area contributed by atoms with Gasteiger partial charge in [0.1, 0.15) is 0 Å². The first kappa shape index (κ1) is 34.6. The van der Waals surface area contributed by atoms with Gasteiger partial charge in [0.2, 0.25) is 0 Å². The van der Waals surface area contributed by atoms with E-state index >= 15 is 0 Å². The average molecular weight is 713 g/mol. The molecule has 4 atom stereocenters. The first-order valence-electron chi connectivity index (χ1n) is 19.7. The Kier molecular flexibility index (Phi) is 9.16. The van der Waals surface area contributed by atoms with Gasteiger partial charge in [-0.05, 0) is 131 Å². The van der Waals surface area contributed by atoms with Crippen molar-refractivity contribution in [3.05, 3.63) is 163 Å². The largest absolute Gasteiger partial charge is 0.208 e. The van der Waals surface area contributed by atoms with Gasteiger partial charge in [-0.1, -0.05) is 129 Å². The zero-order valence-electron chi connectivity index (χ0n) is 31.5. The lowest BCUT2D eigenvalue weighted by molar-refractivity contribution is 0.0780. The van der Waals surface area contributed by atoms with Crippen LogP contribution in [0.2, 0.25) is 0 Å². The molecule has 0 amide bonds. The highest BCUT2D eigenvalue weighted by molar-refractivity contribution is 5.82. The summed E-state index contributed by atoms with van der Waals surface area (Å²) < 4.78 is 0. The molecule has 2 aliphatic rings. The Morgan fingerprint density at radius 1 is 0.455 bits per heavy atom. The van der Waals surface area contributed by atoms with E-state index in [0.717, 1.165) is 51.1 Å². The SMILES string of the molecule is C[C@@H]1CC2C[C@H](C)CC(c3ccc(-c4cc(-c5cccc(-c6ccccc6)c5)cc(-c5nc(-c6ccccc6)nc(-c6cccc(C#N)c6)n5)c4)cc3)(C2)C1. The maximum absolute atomic E-state index is 9.70. The van der Waals surface area contributed by atoms with Crippen LogP contribution < -0.4 is 0 Å². The van der Waals surface area contributed by atoms with Crippen molar-refractivity contribution < 1.29 is 0 Å². The predicted octanol–water partition coefficient (Wildman–Crippen LogP) is 12.8. The molecule has 0 radical (unpaired) electrons. The van der Waals surface area contributed by atoms with Gasteiger partial charge in [0, 0.05) is 16.7 Å². The summed E-state index contributed by atoms with van der Waals surface area (Å²) in [6.45, 7) is 4.92. The summed E-state index contributed by atoms with van der Waals surface area (Å²) in [6, 6.07) is 55.3. The summed E-state index contributed by atoms with van der Waals surface area (Å²) in [5, 5.41) is 9.70. The molecule has 0 spiro atoms. The number of hydrogen-bond acceptors (Lipinski definition) is 4. The van der Waals surface area contributed by atoms with Crippen LogP contribution >= 0.6 is 0 Å². The Balaban J connectivity index is 1.20. The summed E-state index contributed by atoms with van der Waals surface area (Å²) in [5.41, 5.74) is 11.8. The summed E-state index contributed by atoms with van der Waals surface area (Å²) in [5.74, 6) is 4.08. The molecule has 6 aromatic carbocycles. The maximum Gasteiger partial charge on any atom is 0.164 e. The smallest absolute Gasteiger partial charge is 0.164 e. The van der Waals surface area contributed by atoms with E-state index in [2.05, 4.69) is 117 Å². The molecule has 1 heterocycles. The van der Waals surface area contributed by atoms with E-state index < -0.39 is 0 Å². The van der Waals surface area contributed by atoms with Crippen molar-refractivity contribution in [2.45, 2.75) is 51.4 Å². The first-order chi connectivity index (χ1) is 26.9. The van der Waals surface area contributed by atoms with E-state index in [9.17, 15) is 5.26 Å². The van der Waals surface area contributed by atoms with Crippen LogP contribution in [-0.2, 0) is 5.41 Å². The van der Waals surface area contributed by atoms with Crippen molar-refractivity contribution in [3.8, 4) is 73.6 Å². The number of benzene rings is 6. The number of rotatable bonds is 7. The molecule has 2 fully saturated rings. The second-order valence-electron chi connectivity index (χ2n) is 16.1. The Hall–Kier alpha value is -6.18. The molecular weight excluding hydrogens is 669 g/mol. The molecule has 0 aliphatic heterocycles. The molecule has 268 valence electrons. The third-order valence-corrected chi connectivity index (χ3v) is 11.9. The van der Waals surface area contributed by atoms with Gasteiger partial charge in [0.05, 0.1) is 11.6 Å². The molecule has 7 aromatic rings. The van der Waals surface area contributed by atoms with Gasteiger partial charge in [-0.25, -0.2) is 15.0 Å². The van der Waals surface area contributed by atoms with Crippen molar-refractivity contribution in [2.24, 2.45) is 17.8 Å². The molecule has 2 unspecified atom stereocenters. The van der Waals surface area contributed by atoms with E-state index in [1.54, 1.807) is 6.07 Å². The molecule has 0 N–H and O–H groups in total. The molecule has 0 saturated heterocycles. The third kappa shape index (κ3) is 7.11. The molecular formula is C51H44N4. The number of nitrogens with zero attached hydrogens (tertiary/aromatic N) is 4. The minimum atomic E-state index is 0.279. The van der Waals surface area contributed by atoms with Crippen LogP contribution in [0.15, 0.2) is 152 Å². The second-order valence-corrected chi connectivity index (χ2v) is 16.1. The summed E-state index contributed by atoms with van der Waals surface area (Å²) >= 11 is 0. The fraction of sp³-hybridized carbons (Fsp3) is 0.216. The molecule has 55 heavy (non-hydrogen) atoms. The topological polar surface area (TPSA) is 62.5 Å². The number of nitriles is 1. The fourth-order valence-electron chi connectivity index (χ4n) is 9.75. The first-order valence-corrected chi connectivity index (χ1v) is 19.7. The van der Waals surface area contributed by atoms with Gasteiger partial charge in [-0.3, -0.25) is 0 Å². The van der Waals surface area contributed by atoms with E-state index in [1.165, 1.54) is 54.4 Å². The minimum absolute atomic E-state index is 0.279. The number of aromatic nitrogens is 3. The van der Waals surface area contributed by atoms with Crippen molar-refractivity contribution in [3.63, 3.8) is 0 Å². The Labute approximate surface area is 324 Å². The van der Waals surface area contributed by atoms with Crippen LogP contribution in [-0.4, -0.2) is 15.0 Å². The zero-order chi connectivity index (χ0) is 37.4. The number of fused-ring (bicyclic) bond motifs is 2. The maximum atomic E-state index is 9.70. The van der Waals surface area contributed by atoms with E-state index in [-0.39, 0.29) is 5.41 Å². The lowest BCUT2D eigenvalue weighted by Gasteiger charge is -2.50. The quantitative estimate of drug-likeness (QED) is 0.165. The second kappa shape index (κ2) is 14.6. The van der Waals surface area contributed by atoms with E-state index in [0.29, 0.717) is 23.0 Å². The normalized spacial score (nSPS) is 20.4. The Bertz CT molecular complexity index is 2500. The lowest BCUT2D eigenvalue weighted by atomic mass is 9.54. The monoisotopic (exact) mass is 712 g/mol. The van der Waals surface area contributed by atoms with E-state index in [1.807, 2.05) is 48.5 Å². The van der Waals surface area contributed by atoms with Crippen LogP contribution in [0.1, 0.15) is 57.1 Å². The van der Waals surface area contributed by atoms with Gasteiger partial charge in [0.25, 0.3) is 0 Å². The molecule has 4 heteroatoms. The summed E-state index contributed by atoms with van der Waals surface area (Å²) in [7, 11) is 0.